The highest BCUT2D eigenvalue weighted by Gasteiger charge is 2.41. The van der Waals surface area contributed by atoms with E-state index in [2.05, 4.69) is 169 Å². The number of rotatable bonds is 3. The standard InChI is InChI=1S/C43H30N4/c1-43(2)35-21-10-8-18-31(35)41-38(43)34-23-24-37-33(25-26-46(37)28-15-4-3-5-16-28)40(34)47(41)42-44-36-22-11-9-19-32(36)39(45-42)30-20-12-14-27-13-6-7-17-29(27)30/h3-26H,1-2H3. The molecule has 0 amide bonds. The summed E-state index contributed by atoms with van der Waals surface area (Å²) >= 11 is 0. The zero-order valence-corrected chi connectivity index (χ0v) is 26.1. The Kier molecular flexibility index (Phi) is 5.31. The summed E-state index contributed by atoms with van der Waals surface area (Å²) in [6.45, 7) is 4.70. The van der Waals surface area contributed by atoms with E-state index >= 15 is 0 Å². The maximum Gasteiger partial charge on any atom is 0.235 e. The van der Waals surface area contributed by atoms with Crippen LogP contribution in [0.5, 0.6) is 0 Å². The van der Waals surface area contributed by atoms with Crippen molar-refractivity contribution in [1.29, 1.82) is 0 Å². The number of nitrogens with zero attached hydrogens (tertiary/aromatic N) is 4. The van der Waals surface area contributed by atoms with Crippen molar-refractivity contribution in [1.82, 2.24) is 19.1 Å². The molecule has 47 heavy (non-hydrogen) atoms. The molecule has 0 fully saturated rings. The molecule has 0 aliphatic heterocycles. The van der Waals surface area contributed by atoms with Crippen LogP contribution in [0, 0.1) is 0 Å². The Morgan fingerprint density at radius 2 is 1.28 bits per heavy atom. The van der Waals surface area contributed by atoms with Crippen LogP contribution in [0.4, 0.5) is 0 Å². The molecule has 9 aromatic rings. The predicted octanol–water partition coefficient (Wildman–Crippen LogP) is 10.6. The lowest BCUT2D eigenvalue weighted by molar-refractivity contribution is 0.666. The first-order chi connectivity index (χ1) is 23.1. The molecule has 1 aliphatic rings. The van der Waals surface area contributed by atoms with Gasteiger partial charge >= 0.3 is 0 Å². The fraction of sp³-hybridized carbons (Fsp3) is 0.0698. The van der Waals surface area contributed by atoms with Crippen molar-refractivity contribution in [2.45, 2.75) is 19.3 Å². The van der Waals surface area contributed by atoms with Gasteiger partial charge in [-0.05, 0) is 52.2 Å². The van der Waals surface area contributed by atoms with Crippen molar-refractivity contribution in [2.75, 3.05) is 0 Å². The van der Waals surface area contributed by atoms with Crippen LogP contribution < -0.4 is 0 Å². The lowest BCUT2D eigenvalue weighted by Crippen LogP contribution is -2.14. The first kappa shape index (κ1) is 26.2. The van der Waals surface area contributed by atoms with Gasteiger partial charge in [0.1, 0.15) is 0 Å². The minimum absolute atomic E-state index is 0.194. The molecule has 4 heteroatoms. The SMILES string of the molecule is CC1(C)c2ccccc2-c2c1c1ccc3c(ccn3-c3ccccc3)c1n2-c1nc(-c2cccc3ccccc23)c2ccccc2n1. The highest BCUT2D eigenvalue weighted by atomic mass is 15.2. The summed E-state index contributed by atoms with van der Waals surface area (Å²) in [4.78, 5) is 10.9. The third-order valence-electron chi connectivity index (χ3n) is 10.1. The second kappa shape index (κ2) is 9.51. The topological polar surface area (TPSA) is 35.6 Å². The number of hydrogen-bond acceptors (Lipinski definition) is 2. The van der Waals surface area contributed by atoms with E-state index in [1.165, 1.54) is 43.9 Å². The van der Waals surface area contributed by atoms with Crippen molar-refractivity contribution in [2.24, 2.45) is 0 Å². The molecule has 0 saturated heterocycles. The van der Waals surface area contributed by atoms with Gasteiger partial charge in [0.05, 0.1) is 27.9 Å². The van der Waals surface area contributed by atoms with Crippen molar-refractivity contribution < 1.29 is 0 Å². The number of benzene rings is 6. The van der Waals surface area contributed by atoms with E-state index in [9.17, 15) is 0 Å². The van der Waals surface area contributed by atoms with Crippen LogP contribution in [0.15, 0.2) is 146 Å². The van der Waals surface area contributed by atoms with E-state index in [0.717, 1.165) is 38.9 Å². The maximum atomic E-state index is 5.53. The van der Waals surface area contributed by atoms with Gasteiger partial charge in [-0.2, -0.15) is 0 Å². The normalized spacial score (nSPS) is 13.5. The molecule has 0 unspecified atom stereocenters. The Morgan fingerprint density at radius 1 is 0.553 bits per heavy atom. The molecule has 3 aromatic heterocycles. The maximum absolute atomic E-state index is 5.53. The van der Waals surface area contributed by atoms with Gasteiger partial charge in [0.2, 0.25) is 5.95 Å². The molecule has 0 bridgehead atoms. The second-order valence-corrected chi connectivity index (χ2v) is 13.1. The minimum atomic E-state index is -0.194. The largest absolute Gasteiger partial charge is 0.316 e. The third-order valence-corrected chi connectivity index (χ3v) is 10.1. The highest BCUT2D eigenvalue weighted by Crippen LogP contribution is 2.54. The lowest BCUT2D eigenvalue weighted by Gasteiger charge is -2.21. The van der Waals surface area contributed by atoms with Gasteiger partial charge in [0, 0.05) is 44.6 Å². The van der Waals surface area contributed by atoms with Gasteiger partial charge in [-0.3, -0.25) is 4.57 Å². The number of aromatic nitrogens is 4. The molecule has 4 nitrogen and oxygen atoms in total. The summed E-state index contributed by atoms with van der Waals surface area (Å²) in [5.74, 6) is 0.686. The van der Waals surface area contributed by atoms with Gasteiger partial charge in [0.15, 0.2) is 0 Å². The average Bonchev–Trinajstić information content (AvgIpc) is 3.77. The second-order valence-electron chi connectivity index (χ2n) is 13.1. The summed E-state index contributed by atoms with van der Waals surface area (Å²) in [5, 5.41) is 5.84. The third kappa shape index (κ3) is 3.58. The van der Waals surface area contributed by atoms with Gasteiger partial charge in [-0.15, -0.1) is 0 Å². The molecule has 1 aliphatic carbocycles. The molecule has 0 atom stereocenters. The molecule has 3 heterocycles. The lowest BCUT2D eigenvalue weighted by atomic mass is 9.81. The Balaban J connectivity index is 1.37. The molecule has 0 saturated carbocycles. The van der Waals surface area contributed by atoms with E-state index < -0.39 is 0 Å². The fourth-order valence-electron chi connectivity index (χ4n) is 8.07. The van der Waals surface area contributed by atoms with Crippen LogP contribution >= 0.6 is 0 Å². The van der Waals surface area contributed by atoms with Crippen molar-refractivity contribution in [3.05, 3.63) is 157 Å². The minimum Gasteiger partial charge on any atom is -0.316 e. The average molecular weight is 603 g/mol. The molecule has 222 valence electrons. The molecule has 0 spiro atoms. The van der Waals surface area contributed by atoms with Gasteiger partial charge in [0.25, 0.3) is 0 Å². The van der Waals surface area contributed by atoms with Crippen LogP contribution in [0.25, 0.3) is 77.6 Å². The van der Waals surface area contributed by atoms with Gasteiger partial charge in [-0.1, -0.05) is 123 Å². The molecule has 6 aromatic carbocycles. The first-order valence-electron chi connectivity index (χ1n) is 16.2. The Morgan fingerprint density at radius 3 is 2.17 bits per heavy atom. The van der Waals surface area contributed by atoms with Crippen molar-refractivity contribution in [3.63, 3.8) is 0 Å². The molecule has 10 rings (SSSR count). The van der Waals surface area contributed by atoms with E-state index in [1.54, 1.807) is 0 Å². The zero-order valence-electron chi connectivity index (χ0n) is 26.1. The van der Waals surface area contributed by atoms with E-state index in [4.69, 9.17) is 9.97 Å². The van der Waals surface area contributed by atoms with Gasteiger partial charge in [-0.25, -0.2) is 9.97 Å². The number of hydrogen-bond donors (Lipinski definition) is 0. The molecular formula is C43H30N4. The van der Waals surface area contributed by atoms with E-state index in [-0.39, 0.29) is 5.41 Å². The predicted molar refractivity (Wildman–Crippen MR) is 194 cm³/mol. The molecule has 0 N–H and O–H groups in total. The van der Waals surface area contributed by atoms with Crippen molar-refractivity contribution in [3.8, 4) is 34.2 Å². The Bertz CT molecular complexity index is 2700. The number of para-hydroxylation sites is 2. The van der Waals surface area contributed by atoms with Crippen LogP contribution in [0.1, 0.15) is 25.0 Å². The van der Waals surface area contributed by atoms with Crippen LogP contribution in [-0.4, -0.2) is 19.1 Å². The molecule has 0 radical (unpaired) electrons. The molecular weight excluding hydrogens is 573 g/mol. The Labute approximate surface area is 272 Å². The van der Waals surface area contributed by atoms with Crippen LogP contribution in [0.2, 0.25) is 0 Å². The summed E-state index contributed by atoms with van der Waals surface area (Å²) in [5.41, 5.74) is 11.3. The first-order valence-corrected chi connectivity index (χ1v) is 16.2. The highest BCUT2D eigenvalue weighted by molar-refractivity contribution is 6.12. The fourth-order valence-corrected chi connectivity index (χ4v) is 8.07. The summed E-state index contributed by atoms with van der Waals surface area (Å²) in [7, 11) is 0. The summed E-state index contributed by atoms with van der Waals surface area (Å²) in [6, 6.07) is 49.7. The zero-order chi connectivity index (χ0) is 31.3. The Hall–Kier alpha value is -6.00. The van der Waals surface area contributed by atoms with Crippen molar-refractivity contribution >= 4 is 43.5 Å². The number of fused-ring (bicyclic) bond motifs is 9. The summed E-state index contributed by atoms with van der Waals surface area (Å²) < 4.78 is 4.64. The quantitative estimate of drug-likeness (QED) is 0.202. The van der Waals surface area contributed by atoms with Crippen LogP contribution in [-0.2, 0) is 5.41 Å². The summed E-state index contributed by atoms with van der Waals surface area (Å²) in [6.07, 6.45) is 2.18. The monoisotopic (exact) mass is 602 g/mol. The smallest absolute Gasteiger partial charge is 0.235 e. The van der Waals surface area contributed by atoms with E-state index in [1.807, 2.05) is 0 Å². The van der Waals surface area contributed by atoms with Gasteiger partial charge < -0.3 is 4.57 Å². The van der Waals surface area contributed by atoms with Crippen LogP contribution in [0.3, 0.4) is 0 Å². The van der Waals surface area contributed by atoms with E-state index in [0.29, 0.717) is 5.95 Å².